The Balaban J connectivity index is 1.79. The lowest BCUT2D eigenvalue weighted by Gasteiger charge is -2.16. The number of rotatable bonds is 3. The van der Waals surface area contributed by atoms with Crippen molar-refractivity contribution >= 4 is 5.91 Å². The minimum atomic E-state index is -0.747. The monoisotopic (exact) mass is 183 g/mol. The van der Waals surface area contributed by atoms with Crippen molar-refractivity contribution < 1.29 is 9.90 Å². The summed E-state index contributed by atoms with van der Waals surface area (Å²) in [5.41, 5.74) is 0. The second-order valence-electron chi connectivity index (χ2n) is 4.27. The molecule has 0 heterocycles. The molecular formula is C10H17NO2. The summed E-state index contributed by atoms with van der Waals surface area (Å²) in [6.45, 7) is 0. The molecule has 2 aliphatic carbocycles. The molecule has 2 fully saturated rings. The lowest BCUT2D eigenvalue weighted by Crippen LogP contribution is -2.39. The lowest BCUT2D eigenvalue weighted by molar-refractivity contribution is -0.132. The third-order valence-corrected chi connectivity index (χ3v) is 3.04. The highest BCUT2D eigenvalue weighted by Crippen LogP contribution is 2.28. The van der Waals surface area contributed by atoms with Crippen LogP contribution >= 0.6 is 0 Å². The third-order valence-electron chi connectivity index (χ3n) is 3.04. The van der Waals surface area contributed by atoms with Crippen LogP contribution in [0.25, 0.3) is 0 Å². The van der Waals surface area contributed by atoms with Gasteiger partial charge in [0.05, 0.1) is 0 Å². The van der Waals surface area contributed by atoms with E-state index in [4.69, 9.17) is 0 Å². The number of hydrogen-bond donors (Lipinski definition) is 2. The van der Waals surface area contributed by atoms with E-state index < -0.39 is 6.10 Å². The molecule has 13 heavy (non-hydrogen) atoms. The summed E-state index contributed by atoms with van der Waals surface area (Å²) < 4.78 is 0. The van der Waals surface area contributed by atoms with Gasteiger partial charge < -0.3 is 10.4 Å². The van der Waals surface area contributed by atoms with Crippen molar-refractivity contribution in [2.45, 2.75) is 50.7 Å². The van der Waals surface area contributed by atoms with Crippen LogP contribution in [0.15, 0.2) is 0 Å². The molecule has 3 nitrogen and oxygen atoms in total. The zero-order chi connectivity index (χ0) is 9.26. The van der Waals surface area contributed by atoms with Crippen LogP contribution in [0, 0.1) is 5.92 Å². The molecule has 0 aromatic carbocycles. The van der Waals surface area contributed by atoms with E-state index in [0.29, 0.717) is 6.04 Å². The lowest BCUT2D eigenvalue weighted by atomic mass is 10.0. The fourth-order valence-corrected chi connectivity index (χ4v) is 2.00. The van der Waals surface area contributed by atoms with Crippen LogP contribution in [0.5, 0.6) is 0 Å². The van der Waals surface area contributed by atoms with Gasteiger partial charge in [-0.1, -0.05) is 12.8 Å². The maximum absolute atomic E-state index is 11.4. The molecule has 1 unspecified atom stereocenters. The van der Waals surface area contributed by atoms with Crippen LogP contribution in [0.2, 0.25) is 0 Å². The van der Waals surface area contributed by atoms with Gasteiger partial charge in [-0.25, -0.2) is 0 Å². The first-order valence-corrected chi connectivity index (χ1v) is 5.26. The largest absolute Gasteiger partial charge is 0.383 e. The molecular weight excluding hydrogens is 166 g/mol. The molecule has 2 rings (SSSR count). The molecule has 0 aromatic rings. The Bertz CT molecular complexity index is 195. The summed E-state index contributed by atoms with van der Waals surface area (Å²) in [7, 11) is 0. The molecule has 0 aromatic heterocycles. The summed E-state index contributed by atoms with van der Waals surface area (Å²) in [4.78, 5) is 11.4. The van der Waals surface area contributed by atoms with Crippen LogP contribution in [-0.4, -0.2) is 23.2 Å². The van der Waals surface area contributed by atoms with Gasteiger partial charge in [-0.05, 0) is 31.6 Å². The van der Waals surface area contributed by atoms with E-state index in [9.17, 15) is 9.90 Å². The average molecular weight is 183 g/mol. The van der Waals surface area contributed by atoms with Crippen LogP contribution < -0.4 is 5.32 Å². The number of aliphatic hydroxyl groups excluding tert-OH is 1. The Hall–Kier alpha value is -0.570. The van der Waals surface area contributed by atoms with Crippen molar-refractivity contribution in [2.75, 3.05) is 0 Å². The number of aliphatic hydroxyl groups is 1. The fourth-order valence-electron chi connectivity index (χ4n) is 2.00. The van der Waals surface area contributed by atoms with E-state index in [1.54, 1.807) is 0 Å². The SMILES string of the molecule is O=C(NC1CC1)C(O)C1CCCC1. The molecule has 74 valence electrons. The third kappa shape index (κ3) is 2.21. The van der Waals surface area contributed by atoms with Gasteiger partial charge in [-0.3, -0.25) is 4.79 Å². The van der Waals surface area contributed by atoms with Gasteiger partial charge >= 0.3 is 0 Å². The quantitative estimate of drug-likeness (QED) is 0.680. The Labute approximate surface area is 78.5 Å². The highest BCUT2D eigenvalue weighted by Gasteiger charge is 2.32. The van der Waals surface area contributed by atoms with Gasteiger partial charge in [0.15, 0.2) is 0 Å². The van der Waals surface area contributed by atoms with Crippen molar-refractivity contribution in [1.29, 1.82) is 0 Å². The van der Waals surface area contributed by atoms with Gasteiger partial charge in [0, 0.05) is 6.04 Å². The molecule has 3 heteroatoms. The van der Waals surface area contributed by atoms with E-state index >= 15 is 0 Å². The number of nitrogens with one attached hydrogen (secondary N) is 1. The summed E-state index contributed by atoms with van der Waals surface area (Å²) in [5.74, 6) is 0.0770. The Morgan fingerprint density at radius 2 is 1.85 bits per heavy atom. The summed E-state index contributed by atoms with van der Waals surface area (Å²) in [6.07, 6.45) is 5.78. The first-order valence-electron chi connectivity index (χ1n) is 5.26. The molecule has 0 bridgehead atoms. The van der Waals surface area contributed by atoms with Crippen LogP contribution in [0.4, 0.5) is 0 Å². The molecule has 0 spiro atoms. The highest BCUT2D eigenvalue weighted by molar-refractivity contribution is 5.81. The molecule has 2 saturated carbocycles. The standard InChI is InChI=1S/C10H17NO2/c12-9(7-3-1-2-4-7)10(13)11-8-5-6-8/h7-9,12H,1-6H2,(H,11,13). The molecule has 0 saturated heterocycles. The van der Waals surface area contributed by atoms with Crippen molar-refractivity contribution in [1.82, 2.24) is 5.32 Å². The summed E-state index contributed by atoms with van der Waals surface area (Å²) >= 11 is 0. The van der Waals surface area contributed by atoms with Crippen LogP contribution in [0.3, 0.4) is 0 Å². The van der Waals surface area contributed by atoms with Crippen molar-refractivity contribution in [3.8, 4) is 0 Å². The smallest absolute Gasteiger partial charge is 0.249 e. The molecule has 0 radical (unpaired) electrons. The topological polar surface area (TPSA) is 49.3 Å². The van der Waals surface area contributed by atoms with Gasteiger partial charge in [0.2, 0.25) is 5.91 Å². The van der Waals surface area contributed by atoms with E-state index in [1.807, 2.05) is 0 Å². The van der Waals surface area contributed by atoms with Gasteiger partial charge in [0.25, 0.3) is 0 Å². The first kappa shape index (κ1) is 9.00. The van der Waals surface area contributed by atoms with Crippen molar-refractivity contribution in [2.24, 2.45) is 5.92 Å². The number of carbonyl (C=O) groups is 1. The fraction of sp³-hybridized carbons (Fsp3) is 0.900. The Morgan fingerprint density at radius 3 is 2.38 bits per heavy atom. The van der Waals surface area contributed by atoms with Gasteiger partial charge in [-0.2, -0.15) is 0 Å². The van der Waals surface area contributed by atoms with E-state index in [0.717, 1.165) is 25.7 Å². The predicted molar refractivity (Wildman–Crippen MR) is 49.1 cm³/mol. The van der Waals surface area contributed by atoms with E-state index in [2.05, 4.69) is 5.32 Å². The van der Waals surface area contributed by atoms with E-state index in [-0.39, 0.29) is 11.8 Å². The minimum absolute atomic E-state index is 0.144. The first-order chi connectivity index (χ1) is 6.27. The maximum Gasteiger partial charge on any atom is 0.249 e. The molecule has 2 N–H and O–H groups in total. The minimum Gasteiger partial charge on any atom is -0.383 e. The normalized spacial score (nSPS) is 25.9. The summed E-state index contributed by atoms with van der Waals surface area (Å²) in [5, 5.41) is 12.5. The Kier molecular flexibility index (Phi) is 2.54. The second-order valence-corrected chi connectivity index (χ2v) is 4.27. The van der Waals surface area contributed by atoms with Crippen LogP contribution in [-0.2, 0) is 4.79 Å². The highest BCUT2D eigenvalue weighted by atomic mass is 16.3. The molecule has 0 aliphatic heterocycles. The van der Waals surface area contributed by atoms with Gasteiger partial charge in [-0.15, -0.1) is 0 Å². The van der Waals surface area contributed by atoms with Crippen molar-refractivity contribution in [3.05, 3.63) is 0 Å². The number of hydrogen-bond acceptors (Lipinski definition) is 2. The zero-order valence-corrected chi connectivity index (χ0v) is 7.83. The second kappa shape index (κ2) is 3.66. The molecule has 1 amide bonds. The average Bonchev–Trinajstić information content (AvgIpc) is 2.78. The van der Waals surface area contributed by atoms with Gasteiger partial charge in [0.1, 0.15) is 6.10 Å². The maximum atomic E-state index is 11.4. The summed E-state index contributed by atoms with van der Waals surface area (Å²) in [6, 6.07) is 0.364. The number of amides is 1. The zero-order valence-electron chi connectivity index (χ0n) is 7.83. The molecule has 2 aliphatic rings. The van der Waals surface area contributed by atoms with Crippen molar-refractivity contribution in [3.63, 3.8) is 0 Å². The van der Waals surface area contributed by atoms with Crippen LogP contribution in [0.1, 0.15) is 38.5 Å². The van der Waals surface area contributed by atoms with E-state index in [1.165, 1.54) is 12.8 Å². The number of carbonyl (C=O) groups excluding carboxylic acids is 1. The molecule has 1 atom stereocenters. The predicted octanol–water partition coefficient (Wildman–Crippen LogP) is 0.816. The Morgan fingerprint density at radius 1 is 1.23 bits per heavy atom.